The Morgan fingerprint density at radius 3 is 2.38 bits per heavy atom. The van der Waals surface area contributed by atoms with Gasteiger partial charge in [0.05, 0.1) is 25.2 Å². The highest BCUT2D eigenvalue weighted by Crippen LogP contribution is 2.39. The summed E-state index contributed by atoms with van der Waals surface area (Å²) >= 11 is 3.18. The van der Waals surface area contributed by atoms with E-state index < -0.39 is 12.3 Å². The van der Waals surface area contributed by atoms with Gasteiger partial charge < -0.3 is 25.0 Å². The van der Waals surface area contributed by atoms with Crippen LogP contribution in [-0.4, -0.2) is 44.1 Å². The van der Waals surface area contributed by atoms with E-state index in [9.17, 15) is 14.7 Å². The summed E-state index contributed by atoms with van der Waals surface area (Å²) in [6.45, 7) is 2.23. The number of aryl methyl sites for hydroxylation is 1. The van der Waals surface area contributed by atoms with Crippen molar-refractivity contribution in [3.05, 3.63) is 75.8 Å². The summed E-state index contributed by atoms with van der Waals surface area (Å²) < 4.78 is 13.6. The van der Waals surface area contributed by atoms with Crippen LogP contribution in [-0.2, 0) is 32.2 Å². The van der Waals surface area contributed by atoms with Crippen molar-refractivity contribution in [2.45, 2.75) is 62.2 Å². The molecule has 196 valence electrons. The number of hydrogen-bond donors (Lipinski definition) is 3. The maximum Gasteiger partial charge on any atom is 0.303 e. The predicted molar refractivity (Wildman–Crippen MR) is 139 cm³/mol. The van der Waals surface area contributed by atoms with Gasteiger partial charge in [-0.05, 0) is 23.6 Å². The lowest BCUT2D eigenvalue weighted by Crippen LogP contribution is -2.31. The summed E-state index contributed by atoms with van der Waals surface area (Å²) in [7, 11) is 0. The van der Waals surface area contributed by atoms with Gasteiger partial charge in [-0.1, -0.05) is 71.6 Å². The summed E-state index contributed by atoms with van der Waals surface area (Å²) in [4.78, 5) is 22.4. The largest absolute Gasteiger partial charge is 0.481 e. The van der Waals surface area contributed by atoms with E-state index in [1.54, 1.807) is 23.1 Å². The Morgan fingerprint density at radius 1 is 1.03 bits per heavy atom. The lowest BCUT2D eigenvalue weighted by atomic mass is 10.0. The van der Waals surface area contributed by atoms with Gasteiger partial charge in [0.2, 0.25) is 5.91 Å². The zero-order valence-electron chi connectivity index (χ0n) is 20.3. The molecule has 3 unspecified atom stereocenters. The van der Waals surface area contributed by atoms with Gasteiger partial charge >= 0.3 is 5.97 Å². The van der Waals surface area contributed by atoms with Crippen LogP contribution in [0.25, 0.3) is 0 Å². The van der Waals surface area contributed by atoms with Gasteiger partial charge in [0.15, 0.2) is 10.6 Å². The van der Waals surface area contributed by atoms with Crippen LogP contribution in [0.2, 0.25) is 0 Å². The minimum Gasteiger partial charge on any atom is -0.481 e. The number of aliphatic carboxylic acids is 1. The van der Waals surface area contributed by atoms with Crippen molar-refractivity contribution in [1.82, 2.24) is 15.5 Å². The molecule has 0 aliphatic carbocycles. The number of carboxylic acid groups (broad SMARTS) is 1. The van der Waals surface area contributed by atoms with Gasteiger partial charge in [-0.25, -0.2) is 0 Å². The van der Waals surface area contributed by atoms with Gasteiger partial charge in [0.25, 0.3) is 0 Å². The number of hydrogen-bond acceptors (Lipinski definition) is 9. The number of thioether (sulfide) groups is 1. The first-order valence-corrected chi connectivity index (χ1v) is 13.7. The van der Waals surface area contributed by atoms with E-state index in [1.165, 1.54) is 0 Å². The van der Waals surface area contributed by atoms with Gasteiger partial charge in [-0.3, -0.25) is 9.59 Å². The van der Waals surface area contributed by atoms with Crippen LogP contribution >= 0.6 is 23.1 Å². The number of benzene rings is 2. The Labute approximate surface area is 223 Å². The number of nitrogens with zero attached hydrogens (tertiary/aromatic N) is 2. The fraction of sp³-hybridized carbons (Fsp3) is 0.385. The van der Waals surface area contributed by atoms with E-state index in [-0.39, 0.29) is 37.6 Å². The van der Waals surface area contributed by atoms with Crippen molar-refractivity contribution in [1.29, 1.82) is 0 Å². The Bertz CT molecular complexity index is 1190. The van der Waals surface area contributed by atoms with Crippen LogP contribution in [0.4, 0.5) is 0 Å². The Morgan fingerprint density at radius 2 is 1.73 bits per heavy atom. The molecular weight excluding hydrogens is 514 g/mol. The van der Waals surface area contributed by atoms with Crippen molar-refractivity contribution in [3.63, 3.8) is 0 Å². The highest BCUT2D eigenvalue weighted by atomic mass is 32.2. The minimum absolute atomic E-state index is 0.00949. The number of aromatic nitrogens is 2. The predicted octanol–water partition coefficient (Wildman–Crippen LogP) is 4.16. The molecule has 9 nitrogen and oxygen atoms in total. The number of ether oxygens (including phenoxy) is 2. The normalized spacial score (nSPS) is 19.5. The molecule has 1 saturated heterocycles. The zero-order valence-corrected chi connectivity index (χ0v) is 22.0. The highest BCUT2D eigenvalue weighted by Gasteiger charge is 2.32. The number of carbonyl (C=O) groups is 2. The zero-order chi connectivity index (χ0) is 26.2. The second-order valence-electron chi connectivity index (χ2n) is 8.66. The maximum atomic E-state index is 11.8. The number of rotatable bonds is 11. The third-order valence-corrected chi connectivity index (χ3v) is 7.93. The lowest BCUT2D eigenvalue weighted by Gasteiger charge is -2.36. The van der Waals surface area contributed by atoms with Gasteiger partial charge in [-0.15, -0.1) is 10.2 Å². The van der Waals surface area contributed by atoms with Crippen LogP contribution < -0.4 is 5.32 Å². The first-order chi connectivity index (χ1) is 17.9. The standard InChI is InChI=1S/C26H29N3O6S2/c1-16-28-29-26(37-16)36-15-21-12-22(19-6-4-18(14-30)5-7-19)35-25(34-21)20-8-2-17(3-9-20)13-27-23(31)10-11-24(32)33/h2-9,21-22,25,30H,10-15H2,1H3,(H,27,31)(H,32,33). The van der Waals surface area contributed by atoms with Crippen LogP contribution in [0.1, 0.15) is 58.9 Å². The van der Waals surface area contributed by atoms with Crippen LogP contribution in [0, 0.1) is 6.92 Å². The fourth-order valence-electron chi connectivity index (χ4n) is 3.83. The highest BCUT2D eigenvalue weighted by molar-refractivity contribution is 8.01. The molecule has 3 aromatic rings. The quantitative estimate of drug-likeness (QED) is 0.305. The summed E-state index contributed by atoms with van der Waals surface area (Å²) in [5, 5.41) is 30.0. The number of nitrogens with one attached hydrogen (secondary N) is 1. The topological polar surface area (TPSA) is 131 Å². The molecular formula is C26H29N3O6S2. The fourth-order valence-corrected chi connectivity index (χ4v) is 5.69. The van der Waals surface area contributed by atoms with E-state index in [0.29, 0.717) is 18.7 Å². The molecule has 1 aromatic heterocycles. The molecule has 1 fully saturated rings. The molecule has 11 heteroatoms. The number of carboxylic acids is 1. The van der Waals surface area contributed by atoms with Crippen molar-refractivity contribution in [2.75, 3.05) is 5.75 Å². The van der Waals surface area contributed by atoms with Gasteiger partial charge in [0.1, 0.15) is 5.01 Å². The summed E-state index contributed by atoms with van der Waals surface area (Å²) in [6, 6.07) is 15.4. The first kappa shape index (κ1) is 27.2. The Balaban J connectivity index is 1.42. The molecule has 4 rings (SSSR count). The molecule has 3 atom stereocenters. The van der Waals surface area contributed by atoms with Gasteiger partial charge in [0, 0.05) is 30.7 Å². The molecule has 2 heterocycles. The molecule has 0 saturated carbocycles. The molecule has 0 radical (unpaired) electrons. The second-order valence-corrected chi connectivity index (χ2v) is 11.1. The molecule has 0 spiro atoms. The van der Waals surface area contributed by atoms with Crippen LogP contribution in [0.15, 0.2) is 52.9 Å². The van der Waals surface area contributed by atoms with Crippen LogP contribution in [0.3, 0.4) is 0 Å². The Kier molecular flexibility index (Phi) is 9.64. The van der Waals surface area contributed by atoms with Crippen molar-refractivity contribution in [3.8, 4) is 0 Å². The van der Waals surface area contributed by atoms with E-state index in [0.717, 1.165) is 31.6 Å². The van der Waals surface area contributed by atoms with E-state index >= 15 is 0 Å². The molecule has 2 aromatic carbocycles. The number of carbonyl (C=O) groups excluding carboxylic acids is 1. The summed E-state index contributed by atoms with van der Waals surface area (Å²) in [5.74, 6) is -0.587. The van der Waals surface area contributed by atoms with Gasteiger partial charge in [-0.2, -0.15) is 0 Å². The monoisotopic (exact) mass is 543 g/mol. The van der Waals surface area contributed by atoms with E-state index in [4.69, 9.17) is 14.6 Å². The van der Waals surface area contributed by atoms with E-state index in [1.807, 2.05) is 55.5 Å². The van der Waals surface area contributed by atoms with Crippen molar-refractivity contribution in [2.24, 2.45) is 0 Å². The average molecular weight is 544 g/mol. The van der Waals surface area contributed by atoms with Crippen molar-refractivity contribution < 1.29 is 29.3 Å². The SMILES string of the molecule is Cc1nnc(SCC2CC(c3ccc(CO)cc3)OC(c3ccc(CNC(=O)CCC(=O)O)cc3)O2)s1. The lowest BCUT2D eigenvalue weighted by molar-refractivity contribution is -0.245. The number of aliphatic hydroxyl groups is 1. The van der Waals surface area contributed by atoms with Crippen molar-refractivity contribution >= 4 is 35.0 Å². The molecule has 1 aliphatic heterocycles. The summed E-state index contributed by atoms with van der Waals surface area (Å²) in [6.07, 6.45) is -0.389. The van der Waals surface area contributed by atoms with Crippen LogP contribution in [0.5, 0.6) is 0 Å². The maximum absolute atomic E-state index is 11.8. The third kappa shape index (κ3) is 8.08. The smallest absolute Gasteiger partial charge is 0.303 e. The first-order valence-electron chi connectivity index (χ1n) is 11.9. The molecule has 0 bridgehead atoms. The number of aliphatic hydroxyl groups excluding tert-OH is 1. The third-order valence-electron chi connectivity index (χ3n) is 5.82. The molecule has 37 heavy (non-hydrogen) atoms. The molecule has 1 amide bonds. The molecule has 1 aliphatic rings. The minimum atomic E-state index is -0.996. The average Bonchev–Trinajstić information content (AvgIpc) is 3.34. The Hall–Kier alpha value is -2.83. The molecule has 3 N–H and O–H groups in total. The number of amides is 1. The van der Waals surface area contributed by atoms with E-state index in [2.05, 4.69) is 15.5 Å². The summed E-state index contributed by atoms with van der Waals surface area (Å²) in [5.41, 5.74) is 3.61. The second kappa shape index (κ2) is 13.1.